The van der Waals surface area contributed by atoms with Crippen LogP contribution < -0.4 is 15.9 Å². The topological polar surface area (TPSA) is 156 Å². The molecule has 4 rings (SSSR count). The van der Waals surface area contributed by atoms with Crippen molar-refractivity contribution in [1.29, 1.82) is 0 Å². The maximum Gasteiger partial charge on any atom is 0.326 e. The Kier molecular flexibility index (Phi) is 9.24. The van der Waals surface area contributed by atoms with Gasteiger partial charge in [0.1, 0.15) is 35.1 Å². The number of carbonyl (C=O) groups is 2. The maximum atomic E-state index is 13.2. The molecule has 2 aliphatic rings. The van der Waals surface area contributed by atoms with E-state index in [1.54, 1.807) is 34.0 Å². The number of nitrogens with zero attached hydrogens (tertiary/aromatic N) is 4. The molecule has 1 unspecified atom stereocenters. The SMILES string of the molecule is CC(Cn1cnc2c(N)ncnc21)OCP(NC(C)(C)C(=O)OC1CC(C)(C)C1)NC(C)(C)C(=O)OC1CC(C)(C)C1. The number of rotatable bonds is 13. The summed E-state index contributed by atoms with van der Waals surface area (Å²) in [6.45, 7) is 18.3. The lowest BCUT2D eigenvalue weighted by Crippen LogP contribution is -2.54. The Morgan fingerprint density at radius 3 is 1.95 bits per heavy atom. The molecule has 2 fully saturated rings. The monoisotopic (exact) mass is 605 g/mol. The number of ether oxygens (including phenoxy) is 3. The van der Waals surface area contributed by atoms with Crippen LogP contribution in [0.3, 0.4) is 0 Å². The van der Waals surface area contributed by atoms with Crippen LogP contribution in [0.1, 0.15) is 88.0 Å². The van der Waals surface area contributed by atoms with E-state index in [1.165, 1.54) is 6.33 Å². The Morgan fingerprint density at radius 2 is 1.48 bits per heavy atom. The highest BCUT2D eigenvalue weighted by Gasteiger charge is 2.44. The van der Waals surface area contributed by atoms with E-state index in [-0.39, 0.29) is 47.4 Å². The zero-order chi connectivity index (χ0) is 31.1. The van der Waals surface area contributed by atoms with Crippen LogP contribution in [0.4, 0.5) is 5.82 Å². The standard InChI is InChI=1S/C29H48N7O5P/c1-18(14-36-16-33-21-22(30)31-15-32-23(21)36)39-17-42(34-28(6,7)24(37)40-19-10-26(2,3)11-19)35-29(8,9)25(38)41-20-12-27(4,5)13-20/h15-16,18-20,34-35H,10-14,17H2,1-9H3,(H2,30,31,32). The molecule has 0 spiro atoms. The molecular formula is C29H48N7O5P. The Bertz CT molecular complexity index is 1230. The molecule has 13 heteroatoms. The van der Waals surface area contributed by atoms with Gasteiger partial charge in [0, 0.05) is 0 Å². The number of nitrogen functional groups attached to an aromatic ring is 1. The third kappa shape index (κ3) is 7.95. The third-order valence-electron chi connectivity index (χ3n) is 7.89. The number of hydrogen-bond acceptors (Lipinski definition) is 11. The molecule has 0 amide bonds. The lowest BCUT2D eigenvalue weighted by Gasteiger charge is -2.44. The fourth-order valence-electron chi connectivity index (χ4n) is 5.53. The van der Waals surface area contributed by atoms with E-state index in [2.05, 4.69) is 52.8 Å². The Morgan fingerprint density at radius 1 is 0.976 bits per heavy atom. The van der Waals surface area contributed by atoms with Crippen LogP contribution in [0.25, 0.3) is 11.2 Å². The van der Waals surface area contributed by atoms with Gasteiger partial charge < -0.3 is 24.5 Å². The van der Waals surface area contributed by atoms with Gasteiger partial charge in [-0.2, -0.15) is 0 Å². The van der Waals surface area contributed by atoms with Gasteiger partial charge in [-0.3, -0.25) is 19.8 Å². The molecule has 0 aliphatic heterocycles. The smallest absolute Gasteiger partial charge is 0.326 e. The van der Waals surface area contributed by atoms with Crippen molar-refractivity contribution >= 4 is 37.1 Å². The first-order chi connectivity index (χ1) is 19.4. The van der Waals surface area contributed by atoms with E-state index in [0.29, 0.717) is 23.5 Å². The van der Waals surface area contributed by atoms with Gasteiger partial charge in [-0.25, -0.2) is 15.0 Å². The minimum Gasteiger partial charge on any atom is -0.461 e. The lowest BCUT2D eigenvalue weighted by molar-refractivity contribution is -0.165. The summed E-state index contributed by atoms with van der Waals surface area (Å²) in [4.78, 5) is 39.0. The summed E-state index contributed by atoms with van der Waals surface area (Å²) in [5, 5.41) is 6.83. The number of fused-ring (bicyclic) bond motifs is 1. The van der Waals surface area contributed by atoms with E-state index >= 15 is 0 Å². The second kappa shape index (κ2) is 11.9. The summed E-state index contributed by atoms with van der Waals surface area (Å²) in [7, 11) is -1.39. The Balaban J connectivity index is 1.41. The van der Waals surface area contributed by atoms with Crippen LogP contribution in [0.5, 0.6) is 0 Å². The molecule has 2 heterocycles. The fourth-order valence-corrected chi connectivity index (χ4v) is 7.65. The number of carbonyl (C=O) groups excluding carboxylic acids is 2. The van der Waals surface area contributed by atoms with Crippen molar-refractivity contribution in [3.05, 3.63) is 12.7 Å². The van der Waals surface area contributed by atoms with Gasteiger partial charge in [-0.05, 0) is 71.1 Å². The van der Waals surface area contributed by atoms with Gasteiger partial charge in [0.25, 0.3) is 0 Å². The van der Waals surface area contributed by atoms with Gasteiger partial charge in [0.05, 0.1) is 33.5 Å². The molecule has 1 atom stereocenters. The number of nitrogens with two attached hydrogens (primary N) is 1. The lowest BCUT2D eigenvalue weighted by atomic mass is 9.70. The molecule has 12 nitrogen and oxygen atoms in total. The second-order valence-electron chi connectivity index (χ2n) is 14.5. The Hall–Kier alpha value is -2.40. The first-order valence-electron chi connectivity index (χ1n) is 14.6. The van der Waals surface area contributed by atoms with E-state index in [4.69, 9.17) is 19.9 Å². The first-order valence-corrected chi connectivity index (χ1v) is 16.2. The average molecular weight is 606 g/mol. The number of imidazole rings is 1. The average Bonchev–Trinajstić information content (AvgIpc) is 3.23. The van der Waals surface area contributed by atoms with E-state index in [0.717, 1.165) is 25.7 Å². The number of esters is 2. The number of hydrogen-bond donors (Lipinski definition) is 3. The molecule has 2 aliphatic carbocycles. The second-order valence-corrected chi connectivity index (χ2v) is 16.1. The largest absolute Gasteiger partial charge is 0.461 e. The molecule has 234 valence electrons. The van der Waals surface area contributed by atoms with Crippen LogP contribution >= 0.6 is 8.22 Å². The van der Waals surface area contributed by atoms with Gasteiger partial charge in [0.2, 0.25) is 0 Å². The van der Waals surface area contributed by atoms with Crippen molar-refractivity contribution in [2.45, 2.75) is 124 Å². The van der Waals surface area contributed by atoms with Gasteiger partial charge in [-0.15, -0.1) is 0 Å². The summed E-state index contributed by atoms with van der Waals surface area (Å²) >= 11 is 0. The molecule has 0 saturated heterocycles. The van der Waals surface area contributed by atoms with Crippen molar-refractivity contribution in [1.82, 2.24) is 29.7 Å². The summed E-state index contributed by atoms with van der Waals surface area (Å²) in [6.07, 6.45) is 6.28. The molecule has 0 radical (unpaired) electrons. The number of nitrogens with one attached hydrogen (secondary N) is 2. The normalized spacial score (nSPS) is 19.8. The van der Waals surface area contributed by atoms with E-state index in [1.807, 2.05) is 11.5 Å². The molecule has 0 bridgehead atoms. The predicted octanol–water partition coefficient (Wildman–Crippen LogP) is 4.28. The zero-order valence-electron chi connectivity index (χ0n) is 26.5. The minimum absolute atomic E-state index is 0.0787. The highest BCUT2D eigenvalue weighted by atomic mass is 31.1. The van der Waals surface area contributed by atoms with Gasteiger partial charge >= 0.3 is 11.9 Å². The zero-order valence-corrected chi connectivity index (χ0v) is 27.4. The minimum atomic E-state index is -1.39. The summed E-state index contributed by atoms with van der Waals surface area (Å²) in [5.74, 6) is -0.336. The molecule has 0 aromatic carbocycles. The van der Waals surface area contributed by atoms with Crippen molar-refractivity contribution in [2.75, 3.05) is 12.1 Å². The molecule has 2 aromatic rings. The van der Waals surface area contributed by atoms with Crippen LogP contribution in [0, 0.1) is 10.8 Å². The van der Waals surface area contributed by atoms with Crippen molar-refractivity contribution in [3.63, 3.8) is 0 Å². The van der Waals surface area contributed by atoms with Crippen LogP contribution in [0.2, 0.25) is 0 Å². The Labute approximate surface area is 250 Å². The summed E-state index contributed by atoms with van der Waals surface area (Å²) in [6, 6.07) is 0. The molecule has 2 aromatic heterocycles. The van der Waals surface area contributed by atoms with Crippen molar-refractivity contribution in [2.24, 2.45) is 10.8 Å². The first kappa shape index (κ1) is 32.5. The highest BCUT2D eigenvalue weighted by molar-refractivity contribution is 7.53. The number of anilines is 1. The van der Waals surface area contributed by atoms with Crippen LogP contribution in [0.15, 0.2) is 12.7 Å². The highest BCUT2D eigenvalue weighted by Crippen LogP contribution is 2.44. The third-order valence-corrected chi connectivity index (χ3v) is 9.95. The molecule has 42 heavy (non-hydrogen) atoms. The van der Waals surface area contributed by atoms with E-state index in [9.17, 15) is 9.59 Å². The summed E-state index contributed by atoms with van der Waals surface area (Å²) < 4.78 is 19.8. The van der Waals surface area contributed by atoms with Gasteiger partial charge in [0.15, 0.2) is 11.5 Å². The number of aromatic nitrogens is 4. The molecule has 2 saturated carbocycles. The van der Waals surface area contributed by atoms with E-state index < -0.39 is 19.3 Å². The van der Waals surface area contributed by atoms with Crippen molar-refractivity contribution < 1.29 is 23.8 Å². The maximum absolute atomic E-state index is 13.2. The molecule has 4 N–H and O–H groups in total. The van der Waals surface area contributed by atoms with Crippen LogP contribution in [-0.2, 0) is 30.3 Å². The fraction of sp³-hybridized carbons (Fsp3) is 0.759. The predicted molar refractivity (Wildman–Crippen MR) is 162 cm³/mol. The molecular weight excluding hydrogens is 557 g/mol. The van der Waals surface area contributed by atoms with Crippen molar-refractivity contribution in [3.8, 4) is 0 Å². The van der Waals surface area contributed by atoms with Gasteiger partial charge in [-0.1, -0.05) is 27.7 Å². The quantitative estimate of drug-likeness (QED) is 0.221. The summed E-state index contributed by atoms with van der Waals surface area (Å²) in [5.41, 5.74) is 5.45. The van der Waals surface area contributed by atoms with Crippen LogP contribution in [-0.4, -0.2) is 67.2 Å².